The molecule has 0 saturated carbocycles. The van der Waals surface area contributed by atoms with Gasteiger partial charge in [-0.15, -0.1) is 0 Å². The molecule has 0 aliphatic heterocycles. The molecule has 3 rings (SSSR count). The quantitative estimate of drug-likeness (QED) is 0.776. The minimum absolute atomic E-state index is 0.137. The molecule has 116 valence electrons. The van der Waals surface area contributed by atoms with E-state index in [1.165, 1.54) is 5.56 Å². The van der Waals surface area contributed by atoms with E-state index in [9.17, 15) is 4.79 Å². The number of nitrogens with one attached hydrogen (secondary N) is 2. The molecule has 2 N–H and O–H groups in total. The van der Waals surface area contributed by atoms with Gasteiger partial charge in [0.15, 0.2) is 5.82 Å². The normalized spacial score (nSPS) is 10.5. The van der Waals surface area contributed by atoms with Gasteiger partial charge in [0, 0.05) is 23.6 Å². The van der Waals surface area contributed by atoms with Crippen molar-refractivity contribution in [3.8, 4) is 11.4 Å². The lowest BCUT2D eigenvalue weighted by molar-refractivity contribution is -0.115. The summed E-state index contributed by atoms with van der Waals surface area (Å²) in [5.74, 6) is 0.916. The van der Waals surface area contributed by atoms with Crippen LogP contribution in [0.1, 0.15) is 17.0 Å². The fourth-order valence-electron chi connectivity index (χ4n) is 2.17. The number of aryl methyl sites for hydroxylation is 2. The number of benzene rings is 1. The van der Waals surface area contributed by atoms with E-state index >= 15 is 0 Å². The van der Waals surface area contributed by atoms with Gasteiger partial charge in [-0.05, 0) is 49.2 Å². The van der Waals surface area contributed by atoms with Crippen LogP contribution in [-0.2, 0) is 11.2 Å². The zero-order chi connectivity index (χ0) is 16.2. The fourth-order valence-corrected chi connectivity index (χ4v) is 2.17. The highest BCUT2D eigenvalue weighted by molar-refractivity contribution is 5.92. The SMILES string of the molecule is Cc1ccc(NC(=O)Cc2nc(-c3cccnc3)n[nH]2)cc1C. The third kappa shape index (κ3) is 3.60. The lowest BCUT2D eigenvalue weighted by Crippen LogP contribution is -2.15. The predicted molar refractivity (Wildman–Crippen MR) is 87.9 cm³/mol. The van der Waals surface area contributed by atoms with Crippen molar-refractivity contribution in [2.45, 2.75) is 20.3 Å². The maximum atomic E-state index is 12.1. The smallest absolute Gasteiger partial charge is 0.232 e. The van der Waals surface area contributed by atoms with E-state index in [-0.39, 0.29) is 12.3 Å². The second kappa shape index (κ2) is 6.39. The summed E-state index contributed by atoms with van der Waals surface area (Å²) < 4.78 is 0. The van der Waals surface area contributed by atoms with Crippen molar-refractivity contribution < 1.29 is 4.79 Å². The summed E-state index contributed by atoms with van der Waals surface area (Å²) in [6.45, 7) is 4.05. The van der Waals surface area contributed by atoms with Crippen molar-refractivity contribution in [3.05, 3.63) is 59.7 Å². The molecule has 3 aromatic rings. The van der Waals surface area contributed by atoms with Crippen LogP contribution >= 0.6 is 0 Å². The number of pyridine rings is 1. The molecule has 1 amide bonds. The van der Waals surface area contributed by atoms with Gasteiger partial charge in [0.05, 0.1) is 6.42 Å². The highest BCUT2D eigenvalue weighted by Gasteiger charge is 2.10. The van der Waals surface area contributed by atoms with E-state index in [4.69, 9.17) is 0 Å². The van der Waals surface area contributed by atoms with Crippen molar-refractivity contribution in [1.82, 2.24) is 20.2 Å². The van der Waals surface area contributed by atoms with E-state index in [0.717, 1.165) is 16.8 Å². The number of carbonyl (C=O) groups excluding carboxylic acids is 1. The average molecular weight is 307 g/mol. The minimum atomic E-state index is -0.137. The van der Waals surface area contributed by atoms with Crippen LogP contribution in [0.3, 0.4) is 0 Å². The summed E-state index contributed by atoms with van der Waals surface area (Å²) in [6, 6.07) is 9.52. The Morgan fingerprint density at radius 3 is 2.83 bits per heavy atom. The van der Waals surface area contributed by atoms with Crippen LogP contribution in [-0.4, -0.2) is 26.1 Å². The van der Waals surface area contributed by atoms with E-state index in [0.29, 0.717) is 11.6 Å². The summed E-state index contributed by atoms with van der Waals surface area (Å²) in [7, 11) is 0. The van der Waals surface area contributed by atoms with Crippen molar-refractivity contribution >= 4 is 11.6 Å². The number of H-pyrrole nitrogens is 1. The molecule has 2 aromatic heterocycles. The van der Waals surface area contributed by atoms with Crippen LogP contribution in [0.2, 0.25) is 0 Å². The molecule has 0 unspecified atom stereocenters. The number of anilines is 1. The van der Waals surface area contributed by atoms with Crippen LogP contribution in [0.5, 0.6) is 0 Å². The van der Waals surface area contributed by atoms with E-state index < -0.39 is 0 Å². The molecule has 6 nitrogen and oxygen atoms in total. The molecule has 0 atom stereocenters. The van der Waals surface area contributed by atoms with Crippen molar-refractivity contribution in [3.63, 3.8) is 0 Å². The summed E-state index contributed by atoms with van der Waals surface area (Å²) >= 11 is 0. The van der Waals surface area contributed by atoms with Gasteiger partial charge < -0.3 is 5.32 Å². The standard InChI is InChI=1S/C17H17N5O/c1-11-5-6-14(8-12(11)2)19-16(23)9-15-20-17(22-21-15)13-4-3-7-18-10-13/h3-8,10H,9H2,1-2H3,(H,19,23)(H,20,21,22). The van der Waals surface area contributed by atoms with Gasteiger partial charge in [0.1, 0.15) is 5.82 Å². The Morgan fingerprint density at radius 1 is 1.22 bits per heavy atom. The highest BCUT2D eigenvalue weighted by atomic mass is 16.1. The largest absolute Gasteiger partial charge is 0.326 e. The predicted octanol–water partition coefficient (Wildman–Crippen LogP) is 2.66. The molecule has 0 aliphatic rings. The Hall–Kier alpha value is -3.02. The topological polar surface area (TPSA) is 83.6 Å². The second-order valence-electron chi connectivity index (χ2n) is 5.37. The molecule has 6 heteroatoms. The van der Waals surface area contributed by atoms with Crippen molar-refractivity contribution in [2.75, 3.05) is 5.32 Å². The van der Waals surface area contributed by atoms with Crippen molar-refractivity contribution in [1.29, 1.82) is 0 Å². The number of carbonyl (C=O) groups is 1. The van der Waals surface area contributed by atoms with Crippen LogP contribution < -0.4 is 5.32 Å². The van der Waals surface area contributed by atoms with Crippen molar-refractivity contribution in [2.24, 2.45) is 0 Å². The molecule has 0 fully saturated rings. The first kappa shape index (κ1) is 14.9. The highest BCUT2D eigenvalue weighted by Crippen LogP contribution is 2.15. The third-order valence-electron chi connectivity index (χ3n) is 3.57. The van der Waals surface area contributed by atoms with Gasteiger partial charge in [-0.3, -0.25) is 14.9 Å². The first-order valence-electron chi connectivity index (χ1n) is 7.30. The van der Waals surface area contributed by atoms with E-state index in [1.807, 2.05) is 44.2 Å². The van der Waals surface area contributed by atoms with E-state index in [1.54, 1.807) is 12.4 Å². The van der Waals surface area contributed by atoms with Gasteiger partial charge >= 0.3 is 0 Å². The first-order chi connectivity index (χ1) is 11.1. The molecular weight excluding hydrogens is 290 g/mol. The summed E-state index contributed by atoms with van der Waals surface area (Å²) in [4.78, 5) is 20.5. The number of hydrogen-bond acceptors (Lipinski definition) is 4. The first-order valence-corrected chi connectivity index (χ1v) is 7.30. The Kier molecular flexibility index (Phi) is 4.14. The molecule has 1 aromatic carbocycles. The van der Waals surface area contributed by atoms with Crippen LogP contribution in [0.15, 0.2) is 42.7 Å². The van der Waals surface area contributed by atoms with Crippen LogP contribution in [0.4, 0.5) is 5.69 Å². The number of rotatable bonds is 4. The number of amides is 1. The summed E-state index contributed by atoms with van der Waals surface area (Å²) in [5.41, 5.74) is 3.93. The minimum Gasteiger partial charge on any atom is -0.326 e. The van der Waals surface area contributed by atoms with Gasteiger partial charge in [0.25, 0.3) is 0 Å². The average Bonchev–Trinajstić information content (AvgIpc) is 3.00. The number of aromatic nitrogens is 4. The van der Waals surface area contributed by atoms with Crippen LogP contribution in [0.25, 0.3) is 11.4 Å². The molecule has 0 aliphatic carbocycles. The molecule has 23 heavy (non-hydrogen) atoms. The lowest BCUT2D eigenvalue weighted by Gasteiger charge is -2.06. The Morgan fingerprint density at radius 2 is 2.09 bits per heavy atom. The summed E-state index contributed by atoms with van der Waals surface area (Å²) in [5, 5.41) is 9.78. The molecule has 2 heterocycles. The third-order valence-corrected chi connectivity index (χ3v) is 3.57. The summed E-state index contributed by atoms with van der Waals surface area (Å²) in [6.07, 6.45) is 3.51. The van der Waals surface area contributed by atoms with Gasteiger partial charge in [0.2, 0.25) is 5.91 Å². The van der Waals surface area contributed by atoms with E-state index in [2.05, 4.69) is 25.5 Å². The molecule has 0 bridgehead atoms. The Bertz CT molecular complexity index is 826. The van der Waals surface area contributed by atoms with Gasteiger partial charge in [-0.2, -0.15) is 5.10 Å². The monoisotopic (exact) mass is 307 g/mol. The Balaban J connectivity index is 1.66. The lowest BCUT2D eigenvalue weighted by atomic mass is 10.1. The number of nitrogens with zero attached hydrogens (tertiary/aromatic N) is 3. The van der Waals surface area contributed by atoms with Gasteiger partial charge in [-0.25, -0.2) is 4.98 Å². The molecular formula is C17H17N5O. The van der Waals surface area contributed by atoms with Crippen LogP contribution in [0, 0.1) is 13.8 Å². The second-order valence-corrected chi connectivity index (χ2v) is 5.37. The Labute approximate surface area is 134 Å². The molecule has 0 spiro atoms. The number of hydrogen-bond donors (Lipinski definition) is 2. The zero-order valence-electron chi connectivity index (χ0n) is 13.0. The molecule has 0 radical (unpaired) electrons. The fraction of sp³-hybridized carbons (Fsp3) is 0.176. The maximum absolute atomic E-state index is 12.1. The molecule has 0 saturated heterocycles. The van der Waals surface area contributed by atoms with Gasteiger partial charge in [-0.1, -0.05) is 6.07 Å². The number of aromatic amines is 1. The zero-order valence-corrected chi connectivity index (χ0v) is 13.0. The maximum Gasteiger partial charge on any atom is 0.232 e.